The molecule has 0 aliphatic rings. The average Bonchev–Trinajstić information content (AvgIpc) is 2.05. The number of carboxylic acids is 1. The van der Waals surface area contributed by atoms with Crippen molar-refractivity contribution in [3.05, 3.63) is 0 Å². The van der Waals surface area contributed by atoms with Crippen LogP contribution in [0.3, 0.4) is 0 Å². The predicted molar refractivity (Wildman–Crippen MR) is 48.6 cm³/mol. The van der Waals surface area contributed by atoms with Crippen molar-refractivity contribution in [2.24, 2.45) is 0 Å². The minimum absolute atomic E-state index is 0.350. The van der Waals surface area contributed by atoms with Gasteiger partial charge in [-0.1, -0.05) is 6.92 Å². The molecule has 5 heteroatoms. The first-order chi connectivity index (χ1) is 6.04. The topological polar surface area (TPSA) is 69.6 Å². The van der Waals surface area contributed by atoms with Gasteiger partial charge in [-0.15, -0.1) is 0 Å². The number of urea groups is 1. The first-order valence-electron chi connectivity index (χ1n) is 4.28. The molecule has 0 saturated heterocycles. The van der Waals surface area contributed by atoms with Crippen LogP contribution in [0.4, 0.5) is 4.79 Å². The maximum atomic E-state index is 11.2. The van der Waals surface area contributed by atoms with Crippen LogP contribution in [0.2, 0.25) is 0 Å². The van der Waals surface area contributed by atoms with Crippen molar-refractivity contribution in [2.45, 2.75) is 26.3 Å². The molecule has 0 aliphatic carbocycles. The normalized spacial score (nSPS) is 11.9. The van der Waals surface area contributed by atoms with Crippen molar-refractivity contribution in [1.82, 2.24) is 10.2 Å². The molecule has 0 fully saturated rings. The summed E-state index contributed by atoms with van der Waals surface area (Å²) in [5.74, 6) is -0.976. The third-order valence-electron chi connectivity index (χ3n) is 1.79. The monoisotopic (exact) mass is 188 g/mol. The van der Waals surface area contributed by atoms with Gasteiger partial charge < -0.3 is 15.3 Å². The van der Waals surface area contributed by atoms with E-state index in [-0.39, 0.29) is 6.03 Å². The number of aliphatic carboxylic acids is 1. The van der Waals surface area contributed by atoms with Crippen LogP contribution in [0.15, 0.2) is 0 Å². The van der Waals surface area contributed by atoms with Crippen LogP contribution >= 0.6 is 0 Å². The van der Waals surface area contributed by atoms with E-state index in [1.165, 1.54) is 11.9 Å². The molecular weight excluding hydrogens is 172 g/mol. The number of likely N-dealkylation sites (N-methyl/N-ethyl adjacent to an activating group) is 1. The molecule has 0 spiro atoms. The van der Waals surface area contributed by atoms with Gasteiger partial charge >= 0.3 is 12.0 Å². The molecular formula is C8H16N2O3. The smallest absolute Gasteiger partial charge is 0.326 e. The molecule has 76 valence electrons. The fraction of sp³-hybridized carbons (Fsp3) is 0.750. The van der Waals surface area contributed by atoms with Crippen molar-refractivity contribution in [3.8, 4) is 0 Å². The maximum Gasteiger partial charge on any atom is 0.326 e. The van der Waals surface area contributed by atoms with Gasteiger partial charge in [0.2, 0.25) is 0 Å². The summed E-state index contributed by atoms with van der Waals surface area (Å²) >= 11 is 0. The van der Waals surface area contributed by atoms with Crippen LogP contribution in [0, 0.1) is 0 Å². The highest BCUT2D eigenvalue weighted by Gasteiger charge is 2.23. The number of carboxylic acid groups (broad SMARTS) is 1. The third-order valence-corrected chi connectivity index (χ3v) is 1.79. The molecule has 0 aliphatic heterocycles. The highest BCUT2D eigenvalue weighted by atomic mass is 16.4. The van der Waals surface area contributed by atoms with Gasteiger partial charge in [-0.3, -0.25) is 0 Å². The number of nitrogens with one attached hydrogen (secondary N) is 1. The summed E-state index contributed by atoms with van der Waals surface area (Å²) in [6, 6.07) is -1.09. The fourth-order valence-electron chi connectivity index (χ4n) is 1.03. The largest absolute Gasteiger partial charge is 0.480 e. The lowest BCUT2D eigenvalue weighted by molar-refractivity contribution is -0.141. The summed E-state index contributed by atoms with van der Waals surface area (Å²) in [5, 5.41) is 11.3. The van der Waals surface area contributed by atoms with E-state index in [9.17, 15) is 9.59 Å². The Morgan fingerprint density at radius 1 is 1.46 bits per heavy atom. The molecule has 0 rings (SSSR count). The molecule has 0 saturated carbocycles. The van der Waals surface area contributed by atoms with Gasteiger partial charge in [0.15, 0.2) is 0 Å². The summed E-state index contributed by atoms with van der Waals surface area (Å²) < 4.78 is 0. The standard InChI is InChI=1S/C8H16N2O3/c1-4-6(7(11)12)10(3)8(13)9-5-2/h6H,4-5H2,1-3H3,(H,9,13)(H,11,12). The number of hydrogen-bond donors (Lipinski definition) is 2. The number of nitrogens with zero attached hydrogens (tertiary/aromatic N) is 1. The van der Waals surface area contributed by atoms with E-state index in [2.05, 4.69) is 5.32 Å². The molecule has 2 amide bonds. The molecule has 0 aromatic heterocycles. The van der Waals surface area contributed by atoms with Crippen molar-refractivity contribution in [3.63, 3.8) is 0 Å². The Kier molecular flexibility index (Phi) is 4.87. The number of hydrogen-bond acceptors (Lipinski definition) is 2. The van der Waals surface area contributed by atoms with Crippen molar-refractivity contribution in [2.75, 3.05) is 13.6 Å². The molecule has 0 radical (unpaired) electrons. The highest BCUT2D eigenvalue weighted by molar-refractivity contribution is 5.82. The first-order valence-corrected chi connectivity index (χ1v) is 4.28. The molecule has 0 aromatic rings. The Hall–Kier alpha value is -1.26. The van der Waals surface area contributed by atoms with Gasteiger partial charge in [0.05, 0.1) is 0 Å². The summed E-state index contributed by atoms with van der Waals surface area (Å²) in [6.45, 7) is 4.02. The molecule has 2 N–H and O–H groups in total. The lowest BCUT2D eigenvalue weighted by Gasteiger charge is -2.23. The molecule has 0 aromatic carbocycles. The Balaban J connectivity index is 4.27. The Labute approximate surface area is 77.7 Å². The van der Waals surface area contributed by atoms with Crippen molar-refractivity contribution in [1.29, 1.82) is 0 Å². The summed E-state index contributed by atoms with van der Waals surface area (Å²) in [7, 11) is 1.48. The van der Waals surface area contributed by atoms with Gasteiger partial charge in [0, 0.05) is 13.6 Å². The number of carbonyl (C=O) groups is 2. The average molecular weight is 188 g/mol. The Morgan fingerprint density at radius 2 is 2.00 bits per heavy atom. The molecule has 0 heterocycles. The minimum atomic E-state index is -0.976. The summed E-state index contributed by atoms with van der Waals surface area (Å²) in [4.78, 5) is 23.1. The fourth-order valence-corrected chi connectivity index (χ4v) is 1.03. The van der Waals surface area contributed by atoms with Crippen LogP contribution in [0.5, 0.6) is 0 Å². The molecule has 5 nitrogen and oxygen atoms in total. The second kappa shape index (κ2) is 5.40. The van der Waals surface area contributed by atoms with E-state index in [1.807, 2.05) is 0 Å². The van der Waals surface area contributed by atoms with Gasteiger partial charge in [0.1, 0.15) is 6.04 Å². The van der Waals surface area contributed by atoms with E-state index in [0.717, 1.165) is 0 Å². The maximum absolute atomic E-state index is 11.2. The van der Waals surface area contributed by atoms with Gasteiger partial charge in [0.25, 0.3) is 0 Å². The molecule has 1 atom stereocenters. The van der Waals surface area contributed by atoms with Crippen LogP contribution in [0.25, 0.3) is 0 Å². The van der Waals surface area contributed by atoms with Crippen LogP contribution in [0.1, 0.15) is 20.3 Å². The number of rotatable bonds is 4. The Bertz CT molecular complexity index is 194. The van der Waals surface area contributed by atoms with E-state index >= 15 is 0 Å². The second-order valence-corrected chi connectivity index (χ2v) is 2.71. The summed E-state index contributed by atoms with van der Waals surface area (Å²) in [5.41, 5.74) is 0. The van der Waals surface area contributed by atoms with E-state index in [4.69, 9.17) is 5.11 Å². The van der Waals surface area contributed by atoms with Gasteiger partial charge in [-0.2, -0.15) is 0 Å². The SMILES string of the molecule is CCNC(=O)N(C)C(CC)C(=O)O. The predicted octanol–water partition coefficient (Wildman–Crippen LogP) is 0.511. The highest BCUT2D eigenvalue weighted by Crippen LogP contribution is 2.01. The Morgan fingerprint density at radius 3 is 2.31 bits per heavy atom. The zero-order chi connectivity index (χ0) is 10.4. The van der Waals surface area contributed by atoms with E-state index in [0.29, 0.717) is 13.0 Å². The van der Waals surface area contributed by atoms with E-state index < -0.39 is 12.0 Å². The van der Waals surface area contributed by atoms with Crippen LogP contribution < -0.4 is 5.32 Å². The molecule has 13 heavy (non-hydrogen) atoms. The lowest BCUT2D eigenvalue weighted by Crippen LogP contribution is -2.46. The zero-order valence-corrected chi connectivity index (χ0v) is 8.20. The van der Waals surface area contributed by atoms with Crippen molar-refractivity contribution >= 4 is 12.0 Å². The molecule has 1 unspecified atom stereocenters. The zero-order valence-electron chi connectivity index (χ0n) is 8.20. The summed E-state index contributed by atoms with van der Waals surface area (Å²) in [6.07, 6.45) is 0.406. The van der Waals surface area contributed by atoms with Crippen LogP contribution in [-0.2, 0) is 4.79 Å². The van der Waals surface area contributed by atoms with Crippen molar-refractivity contribution < 1.29 is 14.7 Å². The quantitative estimate of drug-likeness (QED) is 0.675. The van der Waals surface area contributed by atoms with Gasteiger partial charge in [-0.05, 0) is 13.3 Å². The minimum Gasteiger partial charge on any atom is -0.480 e. The number of carbonyl (C=O) groups excluding carboxylic acids is 1. The van der Waals surface area contributed by atoms with Crippen LogP contribution in [-0.4, -0.2) is 41.6 Å². The third kappa shape index (κ3) is 3.31. The second-order valence-electron chi connectivity index (χ2n) is 2.71. The lowest BCUT2D eigenvalue weighted by atomic mass is 10.2. The molecule has 0 bridgehead atoms. The first kappa shape index (κ1) is 11.7. The van der Waals surface area contributed by atoms with E-state index in [1.54, 1.807) is 13.8 Å². The van der Waals surface area contributed by atoms with Gasteiger partial charge in [-0.25, -0.2) is 9.59 Å². The number of amides is 2.